The molecule has 0 bridgehead atoms. The predicted octanol–water partition coefficient (Wildman–Crippen LogP) is 3.48. The first kappa shape index (κ1) is 16.1. The normalized spacial score (nSPS) is 11.2. The molecule has 2 aromatic heterocycles. The first-order valence-electron chi connectivity index (χ1n) is 7.91. The average Bonchev–Trinajstić information content (AvgIpc) is 3.16. The second-order valence-electron chi connectivity index (χ2n) is 6.04. The van der Waals surface area contributed by atoms with Crippen molar-refractivity contribution in [2.45, 2.75) is 6.42 Å². The molecule has 1 N–H and O–H groups in total. The lowest BCUT2D eigenvalue weighted by Crippen LogP contribution is -2.23. The van der Waals surface area contributed by atoms with Gasteiger partial charge in [-0.1, -0.05) is 6.07 Å². The number of carbonyl (C=O) groups is 1. The van der Waals surface area contributed by atoms with Crippen LogP contribution in [0.25, 0.3) is 22.2 Å². The zero-order valence-electron chi connectivity index (χ0n) is 14.1. The molecule has 0 atom stereocenters. The number of aromatic nitrogens is 2. The van der Waals surface area contributed by atoms with Gasteiger partial charge in [-0.25, -0.2) is 4.39 Å². The summed E-state index contributed by atoms with van der Waals surface area (Å²) < 4.78 is 24.3. The van der Waals surface area contributed by atoms with E-state index in [0.29, 0.717) is 22.2 Å². The van der Waals surface area contributed by atoms with Crippen LogP contribution in [0.15, 0.2) is 45.2 Å². The second-order valence-corrected chi connectivity index (χ2v) is 6.04. The molecule has 0 aliphatic heterocycles. The van der Waals surface area contributed by atoms with Gasteiger partial charge in [0.05, 0.1) is 6.42 Å². The molecule has 4 aromatic rings. The highest BCUT2D eigenvalue weighted by Gasteiger charge is 2.13. The standard InChI is InChI=1S/C18H15FN4O3/c1-23(2)16(24)8-10-3-5-14-12(7-10)20-17(25-14)22-18-21-13-9-11(19)4-6-15(13)26-18/h3-7,9H,8H2,1-2H3,(H,20,21,22). The van der Waals surface area contributed by atoms with E-state index >= 15 is 0 Å². The molecule has 0 unspecified atom stereocenters. The Balaban J connectivity index is 1.59. The molecule has 132 valence electrons. The number of hydrogen-bond donors (Lipinski definition) is 1. The van der Waals surface area contributed by atoms with Crippen molar-refractivity contribution < 1.29 is 18.0 Å². The molecule has 0 radical (unpaired) electrons. The first-order chi connectivity index (χ1) is 12.5. The number of rotatable bonds is 4. The molecule has 0 spiro atoms. The fourth-order valence-electron chi connectivity index (χ4n) is 2.51. The van der Waals surface area contributed by atoms with E-state index in [4.69, 9.17) is 8.83 Å². The number of amides is 1. The summed E-state index contributed by atoms with van der Waals surface area (Å²) in [5.74, 6) is -0.385. The van der Waals surface area contributed by atoms with E-state index in [-0.39, 0.29) is 30.2 Å². The van der Waals surface area contributed by atoms with Gasteiger partial charge in [-0.2, -0.15) is 9.97 Å². The summed E-state index contributed by atoms with van der Waals surface area (Å²) in [5.41, 5.74) is 2.87. The molecule has 7 nitrogen and oxygen atoms in total. The van der Waals surface area contributed by atoms with Crippen molar-refractivity contribution in [1.82, 2.24) is 14.9 Å². The number of nitrogens with one attached hydrogen (secondary N) is 1. The van der Waals surface area contributed by atoms with E-state index in [9.17, 15) is 9.18 Å². The van der Waals surface area contributed by atoms with E-state index in [1.807, 2.05) is 6.07 Å². The summed E-state index contributed by atoms with van der Waals surface area (Å²) in [5, 5.41) is 2.83. The van der Waals surface area contributed by atoms with Crippen molar-refractivity contribution in [2.24, 2.45) is 0 Å². The number of halogens is 1. The van der Waals surface area contributed by atoms with Gasteiger partial charge in [-0.3, -0.25) is 10.1 Å². The molecule has 0 fully saturated rings. The largest absolute Gasteiger partial charge is 0.423 e. The van der Waals surface area contributed by atoms with Crippen LogP contribution in [0.2, 0.25) is 0 Å². The van der Waals surface area contributed by atoms with Gasteiger partial charge in [0.1, 0.15) is 16.9 Å². The zero-order chi connectivity index (χ0) is 18.3. The molecule has 1 amide bonds. The van der Waals surface area contributed by atoms with E-state index in [2.05, 4.69) is 15.3 Å². The van der Waals surface area contributed by atoms with Gasteiger partial charge in [-0.15, -0.1) is 0 Å². The van der Waals surface area contributed by atoms with Gasteiger partial charge < -0.3 is 13.7 Å². The Morgan fingerprint density at radius 2 is 1.65 bits per heavy atom. The minimum Gasteiger partial charge on any atom is -0.423 e. The maximum atomic E-state index is 13.2. The molecule has 8 heteroatoms. The molecule has 2 aromatic carbocycles. The number of nitrogens with zero attached hydrogens (tertiary/aromatic N) is 3. The number of anilines is 2. The van der Waals surface area contributed by atoms with Crippen molar-refractivity contribution in [3.63, 3.8) is 0 Å². The van der Waals surface area contributed by atoms with Crippen molar-refractivity contribution in [2.75, 3.05) is 19.4 Å². The number of hydrogen-bond acceptors (Lipinski definition) is 6. The second kappa shape index (κ2) is 6.14. The molecule has 0 aliphatic carbocycles. The van der Waals surface area contributed by atoms with Gasteiger partial charge in [0.2, 0.25) is 5.91 Å². The minimum absolute atomic E-state index is 0.00454. The molecule has 2 heterocycles. The summed E-state index contributed by atoms with van der Waals surface area (Å²) in [6, 6.07) is 9.81. The Bertz CT molecular complexity index is 1120. The Morgan fingerprint density at radius 1 is 1.04 bits per heavy atom. The highest BCUT2D eigenvalue weighted by molar-refractivity contribution is 5.81. The third-order valence-corrected chi connectivity index (χ3v) is 3.87. The van der Waals surface area contributed by atoms with Gasteiger partial charge >= 0.3 is 12.0 Å². The van der Waals surface area contributed by atoms with Crippen LogP contribution in [-0.4, -0.2) is 34.9 Å². The minimum atomic E-state index is -0.390. The van der Waals surface area contributed by atoms with Crippen LogP contribution in [0.5, 0.6) is 0 Å². The lowest BCUT2D eigenvalue weighted by Gasteiger charge is -2.09. The topological polar surface area (TPSA) is 84.4 Å². The Morgan fingerprint density at radius 3 is 2.31 bits per heavy atom. The van der Waals surface area contributed by atoms with E-state index in [0.717, 1.165) is 5.56 Å². The van der Waals surface area contributed by atoms with Crippen LogP contribution >= 0.6 is 0 Å². The van der Waals surface area contributed by atoms with Crippen LogP contribution in [0.1, 0.15) is 5.56 Å². The number of oxazole rings is 2. The van der Waals surface area contributed by atoms with Crippen molar-refractivity contribution in [1.29, 1.82) is 0 Å². The summed E-state index contributed by atoms with van der Waals surface area (Å²) in [7, 11) is 3.43. The Labute approximate surface area is 147 Å². The highest BCUT2D eigenvalue weighted by Crippen LogP contribution is 2.25. The van der Waals surface area contributed by atoms with Crippen LogP contribution in [-0.2, 0) is 11.2 Å². The van der Waals surface area contributed by atoms with Crippen molar-refractivity contribution >= 4 is 40.1 Å². The van der Waals surface area contributed by atoms with E-state index < -0.39 is 0 Å². The molecule has 0 saturated heterocycles. The monoisotopic (exact) mass is 354 g/mol. The summed E-state index contributed by atoms with van der Waals surface area (Å²) >= 11 is 0. The fraction of sp³-hybridized carbons (Fsp3) is 0.167. The van der Waals surface area contributed by atoms with E-state index in [1.54, 1.807) is 26.2 Å². The van der Waals surface area contributed by atoms with E-state index in [1.165, 1.54) is 23.1 Å². The highest BCUT2D eigenvalue weighted by atomic mass is 19.1. The third kappa shape index (κ3) is 3.08. The average molecular weight is 354 g/mol. The van der Waals surface area contributed by atoms with Crippen LogP contribution in [0.4, 0.5) is 16.4 Å². The lowest BCUT2D eigenvalue weighted by atomic mass is 10.1. The SMILES string of the molecule is CN(C)C(=O)Cc1ccc2oc(Nc3nc4cc(F)ccc4o3)nc2c1. The summed E-state index contributed by atoms with van der Waals surface area (Å²) in [6.07, 6.45) is 0.287. The smallest absolute Gasteiger partial charge is 0.303 e. The van der Waals surface area contributed by atoms with Crippen LogP contribution in [0, 0.1) is 5.82 Å². The molecule has 0 aliphatic rings. The molecule has 4 rings (SSSR count). The number of fused-ring (bicyclic) bond motifs is 2. The van der Waals surface area contributed by atoms with Crippen molar-refractivity contribution in [3.05, 3.63) is 47.8 Å². The predicted molar refractivity (Wildman–Crippen MR) is 93.7 cm³/mol. The van der Waals surface area contributed by atoms with Gasteiger partial charge in [0.15, 0.2) is 11.2 Å². The maximum Gasteiger partial charge on any atom is 0.303 e. The molecule has 0 saturated carbocycles. The maximum absolute atomic E-state index is 13.2. The van der Waals surface area contributed by atoms with Gasteiger partial charge in [-0.05, 0) is 29.8 Å². The number of carbonyl (C=O) groups excluding carboxylic acids is 1. The first-order valence-corrected chi connectivity index (χ1v) is 7.91. The van der Waals surface area contributed by atoms with Crippen LogP contribution in [0.3, 0.4) is 0 Å². The lowest BCUT2D eigenvalue weighted by molar-refractivity contribution is -0.127. The van der Waals surface area contributed by atoms with Crippen LogP contribution < -0.4 is 5.32 Å². The zero-order valence-corrected chi connectivity index (χ0v) is 14.1. The number of likely N-dealkylation sites (N-methyl/N-ethyl adjacent to an activating group) is 1. The molecule has 26 heavy (non-hydrogen) atoms. The quantitative estimate of drug-likeness (QED) is 0.604. The van der Waals surface area contributed by atoms with Gasteiger partial charge in [0, 0.05) is 20.2 Å². The fourth-order valence-corrected chi connectivity index (χ4v) is 2.51. The Hall–Kier alpha value is -3.42. The molecular weight excluding hydrogens is 339 g/mol. The van der Waals surface area contributed by atoms with Crippen molar-refractivity contribution in [3.8, 4) is 0 Å². The number of benzene rings is 2. The Kier molecular flexibility index (Phi) is 3.80. The van der Waals surface area contributed by atoms with Gasteiger partial charge in [0.25, 0.3) is 0 Å². The third-order valence-electron chi connectivity index (χ3n) is 3.87. The summed E-state index contributed by atoms with van der Waals surface area (Å²) in [6.45, 7) is 0. The summed E-state index contributed by atoms with van der Waals surface area (Å²) in [4.78, 5) is 21.8. The molecular formula is C18H15FN4O3.